The molecular formula is C21H22N4O. The van der Waals surface area contributed by atoms with Crippen LogP contribution in [0.1, 0.15) is 34.6 Å². The van der Waals surface area contributed by atoms with Gasteiger partial charge in [-0.05, 0) is 36.6 Å². The fourth-order valence-corrected chi connectivity index (χ4v) is 2.63. The highest BCUT2D eigenvalue weighted by Crippen LogP contribution is 2.16. The highest BCUT2D eigenvalue weighted by atomic mass is 16.1. The Hall–Kier alpha value is -3.21. The number of carbonyl (C=O) groups is 1. The second-order valence-electron chi connectivity index (χ2n) is 6.07. The van der Waals surface area contributed by atoms with Crippen LogP contribution in [0.4, 0.5) is 5.82 Å². The third-order valence-corrected chi connectivity index (χ3v) is 4.10. The zero-order chi connectivity index (χ0) is 18.2. The summed E-state index contributed by atoms with van der Waals surface area (Å²) in [6, 6.07) is 23.7. The highest BCUT2D eigenvalue weighted by molar-refractivity contribution is 5.92. The molecule has 1 unspecified atom stereocenters. The maximum Gasteiger partial charge on any atom is 0.271 e. The summed E-state index contributed by atoms with van der Waals surface area (Å²) < 4.78 is 0. The Labute approximate surface area is 153 Å². The van der Waals surface area contributed by atoms with Gasteiger partial charge in [0.15, 0.2) is 5.69 Å². The van der Waals surface area contributed by atoms with E-state index >= 15 is 0 Å². The molecule has 3 rings (SSSR count). The Balaban J connectivity index is 1.51. The quantitative estimate of drug-likeness (QED) is 0.686. The molecule has 1 aromatic heterocycles. The molecule has 1 amide bonds. The van der Waals surface area contributed by atoms with Crippen LogP contribution in [0.5, 0.6) is 0 Å². The molecule has 0 fully saturated rings. The number of nitrogens with one attached hydrogen (secondary N) is 2. The fraction of sp³-hybridized carbons (Fsp3) is 0.190. The predicted molar refractivity (Wildman–Crippen MR) is 103 cm³/mol. The van der Waals surface area contributed by atoms with Crippen LogP contribution < -0.4 is 10.6 Å². The molecule has 3 aromatic rings. The maximum absolute atomic E-state index is 12.2. The van der Waals surface area contributed by atoms with Gasteiger partial charge in [-0.15, -0.1) is 10.2 Å². The van der Waals surface area contributed by atoms with Crippen molar-refractivity contribution in [3.8, 4) is 0 Å². The third-order valence-electron chi connectivity index (χ3n) is 4.10. The van der Waals surface area contributed by atoms with Crippen molar-refractivity contribution in [2.75, 3.05) is 11.9 Å². The van der Waals surface area contributed by atoms with E-state index in [1.54, 1.807) is 12.1 Å². The fourth-order valence-electron chi connectivity index (χ4n) is 2.63. The molecule has 5 heteroatoms. The second kappa shape index (κ2) is 8.76. The van der Waals surface area contributed by atoms with Crippen LogP contribution in [-0.2, 0) is 6.42 Å². The average Bonchev–Trinajstić information content (AvgIpc) is 2.70. The standard InChI is InChI=1S/C21H22N4O/c1-16(18-10-6-3-7-11-18)23-20-13-12-19(24-25-20)21(26)22-15-14-17-8-4-2-5-9-17/h2-13,16H,14-15H2,1H3,(H,22,26)(H,23,25). The molecule has 0 spiro atoms. The summed E-state index contributed by atoms with van der Waals surface area (Å²) >= 11 is 0. The average molecular weight is 346 g/mol. The molecule has 0 saturated carbocycles. The van der Waals surface area contributed by atoms with Crippen LogP contribution in [0.15, 0.2) is 72.8 Å². The Morgan fingerprint density at radius 3 is 2.27 bits per heavy atom. The van der Waals surface area contributed by atoms with Crippen LogP contribution in [0.25, 0.3) is 0 Å². The van der Waals surface area contributed by atoms with E-state index < -0.39 is 0 Å². The van der Waals surface area contributed by atoms with Gasteiger partial charge in [-0.2, -0.15) is 0 Å². The normalized spacial score (nSPS) is 11.6. The van der Waals surface area contributed by atoms with E-state index in [4.69, 9.17) is 0 Å². The molecule has 0 aliphatic heterocycles. The van der Waals surface area contributed by atoms with Gasteiger partial charge in [-0.3, -0.25) is 4.79 Å². The zero-order valence-electron chi connectivity index (χ0n) is 14.7. The van der Waals surface area contributed by atoms with Gasteiger partial charge in [-0.1, -0.05) is 60.7 Å². The largest absolute Gasteiger partial charge is 0.362 e. The molecule has 1 heterocycles. The first-order valence-electron chi connectivity index (χ1n) is 8.70. The van der Waals surface area contributed by atoms with E-state index in [0.717, 1.165) is 12.0 Å². The van der Waals surface area contributed by atoms with Crippen LogP contribution in [0.2, 0.25) is 0 Å². The lowest BCUT2D eigenvalue weighted by atomic mass is 10.1. The van der Waals surface area contributed by atoms with Crippen molar-refractivity contribution < 1.29 is 4.79 Å². The zero-order valence-corrected chi connectivity index (χ0v) is 14.7. The second-order valence-corrected chi connectivity index (χ2v) is 6.07. The van der Waals surface area contributed by atoms with Crippen molar-refractivity contribution in [2.45, 2.75) is 19.4 Å². The van der Waals surface area contributed by atoms with Crippen LogP contribution >= 0.6 is 0 Å². The van der Waals surface area contributed by atoms with E-state index in [1.165, 1.54) is 5.56 Å². The van der Waals surface area contributed by atoms with Crippen molar-refractivity contribution in [3.63, 3.8) is 0 Å². The Bertz CT molecular complexity index is 820. The van der Waals surface area contributed by atoms with Crippen molar-refractivity contribution in [2.24, 2.45) is 0 Å². The lowest BCUT2D eigenvalue weighted by Gasteiger charge is -2.14. The number of aromatic nitrogens is 2. The molecule has 26 heavy (non-hydrogen) atoms. The summed E-state index contributed by atoms with van der Waals surface area (Å²) in [6.45, 7) is 2.62. The summed E-state index contributed by atoms with van der Waals surface area (Å²) in [5, 5.41) is 14.3. The van der Waals surface area contributed by atoms with Crippen LogP contribution in [0, 0.1) is 0 Å². The van der Waals surface area contributed by atoms with E-state index in [2.05, 4.69) is 39.9 Å². The molecule has 0 aliphatic carbocycles. The van der Waals surface area contributed by atoms with E-state index in [1.807, 2.05) is 48.5 Å². The Morgan fingerprint density at radius 1 is 0.923 bits per heavy atom. The van der Waals surface area contributed by atoms with Crippen molar-refractivity contribution >= 4 is 11.7 Å². The molecule has 0 bridgehead atoms. The molecule has 0 aliphatic rings. The molecule has 2 aromatic carbocycles. The highest BCUT2D eigenvalue weighted by Gasteiger charge is 2.09. The van der Waals surface area contributed by atoms with Gasteiger partial charge in [0.1, 0.15) is 5.82 Å². The van der Waals surface area contributed by atoms with E-state index in [9.17, 15) is 4.79 Å². The van der Waals surface area contributed by atoms with E-state index in [-0.39, 0.29) is 11.9 Å². The molecular weight excluding hydrogens is 324 g/mol. The van der Waals surface area contributed by atoms with Crippen LogP contribution in [-0.4, -0.2) is 22.6 Å². The first-order valence-corrected chi connectivity index (χ1v) is 8.70. The summed E-state index contributed by atoms with van der Waals surface area (Å²) in [7, 11) is 0. The van der Waals surface area contributed by atoms with Gasteiger partial charge in [0.2, 0.25) is 0 Å². The summed E-state index contributed by atoms with van der Waals surface area (Å²) in [5.41, 5.74) is 2.67. The van der Waals surface area contributed by atoms with Crippen molar-refractivity contribution in [1.29, 1.82) is 0 Å². The number of anilines is 1. The van der Waals surface area contributed by atoms with Gasteiger partial charge >= 0.3 is 0 Å². The minimum absolute atomic E-state index is 0.107. The first kappa shape index (κ1) is 17.6. The van der Waals surface area contributed by atoms with Crippen molar-refractivity contribution in [1.82, 2.24) is 15.5 Å². The number of amides is 1. The molecule has 5 nitrogen and oxygen atoms in total. The number of hydrogen-bond acceptors (Lipinski definition) is 4. The van der Waals surface area contributed by atoms with Gasteiger partial charge in [0, 0.05) is 12.6 Å². The maximum atomic E-state index is 12.2. The van der Waals surface area contributed by atoms with Crippen molar-refractivity contribution in [3.05, 3.63) is 89.6 Å². The monoisotopic (exact) mass is 346 g/mol. The lowest BCUT2D eigenvalue weighted by molar-refractivity contribution is 0.0948. The van der Waals surface area contributed by atoms with E-state index in [0.29, 0.717) is 18.1 Å². The Kier molecular flexibility index (Phi) is 5.93. The minimum Gasteiger partial charge on any atom is -0.362 e. The van der Waals surface area contributed by atoms with Gasteiger partial charge in [0.05, 0.1) is 0 Å². The molecule has 2 N–H and O–H groups in total. The SMILES string of the molecule is CC(Nc1ccc(C(=O)NCCc2ccccc2)nn1)c1ccccc1. The third kappa shape index (κ3) is 4.89. The number of rotatable bonds is 7. The first-order chi connectivity index (χ1) is 12.7. The molecule has 1 atom stereocenters. The van der Waals surface area contributed by atoms with Gasteiger partial charge < -0.3 is 10.6 Å². The summed E-state index contributed by atoms with van der Waals surface area (Å²) in [5.74, 6) is 0.429. The topological polar surface area (TPSA) is 66.9 Å². The number of hydrogen-bond donors (Lipinski definition) is 2. The minimum atomic E-state index is -0.212. The number of benzene rings is 2. The summed E-state index contributed by atoms with van der Waals surface area (Å²) in [6.07, 6.45) is 0.786. The lowest BCUT2D eigenvalue weighted by Crippen LogP contribution is -2.26. The van der Waals surface area contributed by atoms with Gasteiger partial charge in [0.25, 0.3) is 5.91 Å². The van der Waals surface area contributed by atoms with Crippen LogP contribution in [0.3, 0.4) is 0 Å². The predicted octanol–water partition coefficient (Wildman–Crippen LogP) is 3.62. The summed E-state index contributed by atoms with van der Waals surface area (Å²) in [4.78, 5) is 12.2. The molecule has 132 valence electrons. The number of carbonyl (C=O) groups excluding carboxylic acids is 1. The molecule has 0 saturated heterocycles. The Morgan fingerprint density at radius 2 is 1.62 bits per heavy atom. The molecule has 0 radical (unpaired) electrons. The number of nitrogens with zero attached hydrogens (tertiary/aromatic N) is 2. The van der Waals surface area contributed by atoms with Gasteiger partial charge in [-0.25, -0.2) is 0 Å². The smallest absolute Gasteiger partial charge is 0.271 e.